The molecule has 138 valence electrons. The van der Waals surface area contributed by atoms with Crippen molar-refractivity contribution in [1.82, 2.24) is 14.9 Å². The molecule has 26 heavy (non-hydrogen) atoms. The molecule has 0 N–H and O–H groups in total. The lowest BCUT2D eigenvalue weighted by atomic mass is 10.2. The minimum absolute atomic E-state index is 0.0495. The normalized spacial score (nSPS) is 23.0. The summed E-state index contributed by atoms with van der Waals surface area (Å²) in [7, 11) is 0. The Balaban J connectivity index is 1.46. The van der Waals surface area contributed by atoms with Crippen molar-refractivity contribution in [3.8, 4) is 0 Å². The molecule has 4 nitrogen and oxygen atoms in total. The van der Waals surface area contributed by atoms with Crippen molar-refractivity contribution in [2.24, 2.45) is 0 Å². The summed E-state index contributed by atoms with van der Waals surface area (Å²) in [5, 5.41) is 0.0495. The quantitative estimate of drug-likeness (QED) is 0.699. The Morgan fingerprint density at radius 2 is 1.96 bits per heavy atom. The molecular formula is C17H15BrClF3N4. The third kappa shape index (κ3) is 3.42. The van der Waals surface area contributed by atoms with Gasteiger partial charge in [-0.3, -0.25) is 9.88 Å². The Bertz CT molecular complexity index is 815. The largest absolute Gasteiger partial charge is 0.417 e. The van der Waals surface area contributed by atoms with E-state index in [-0.39, 0.29) is 11.1 Å². The van der Waals surface area contributed by atoms with Crippen LogP contribution in [-0.4, -0.2) is 40.0 Å². The van der Waals surface area contributed by atoms with E-state index in [1.807, 2.05) is 17.0 Å². The number of anilines is 1. The predicted octanol–water partition coefficient (Wildman–Crippen LogP) is 4.37. The molecule has 2 aliphatic rings. The van der Waals surface area contributed by atoms with Crippen molar-refractivity contribution in [3.05, 3.63) is 51.3 Å². The topological polar surface area (TPSA) is 32.3 Å². The number of hydrogen-bond acceptors (Lipinski definition) is 4. The Morgan fingerprint density at radius 1 is 1.15 bits per heavy atom. The first kappa shape index (κ1) is 18.0. The third-order valence-electron chi connectivity index (χ3n) is 4.93. The van der Waals surface area contributed by atoms with Crippen molar-refractivity contribution in [2.45, 2.75) is 31.2 Å². The number of pyridine rings is 2. The first-order valence-electron chi connectivity index (χ1n) is 8.15. The van der Waals surface area contributed by atoms with Gasteiger partial charge < -0.3 is 4.90 Å². The lowest BCUT2D eigenvalue weighted by Crippen LogP contribution is -2.46. The summed E-state index contributed by atoms with van der Waals surface area (Å²) in [6.07, 6.45) is -0.845. The van der Waals surface area contributed by atoms with E-state index in [0.29, 0.717) is 18.4 Å². The van der Waals surface area contributed by atoms with Crippen LogP contribution in [0.5, 0.6) is 0 Å². The van der Waals surface area contributed by atoms with Crippen LogP contribution in [0.1, 0.15) is 17.7 Å². The van der Waals surface area contributed by atoms with Gasteiger partial charge in [0.15, 0.2) is 0 Å². The van der Waals surface area contributed by atoms with E-state index in [1.54, 1.807) is 6.20 Å². The lowest BCUT2D eigenvalue weighted by Gasteiger charge is -2.35. The summed E-state index contributed by atoms with van der Waals surface area (Å²) in [6, 6.07) is 5.44. The van der Waals surface area contributed by atoms with Gasteiger partial charge in [0.25, 0.3) is 0 Å². The zero-order valence-corrected chi connectivity index (χ0v) is 15.9. The molecule has 9 heteroatoms. The number of hydrogen-bond donors (Lipinski definition) is 0. The van der Waals surface area contributed by atoms with Crippen LogP contribution < -0.4 is 4.90 Å². The van der Waals surface area contributed by atoms with E-state index in [1.165, 1.54) is 0 Å². The van der Waals surface area contributed by atoms with Gasteiger partial charge >= 0.3 is 6.18 Å². The summed E-state index contributed by atoms with van der Waals surface area (Å²) < 4.78 is 39.3. The van der Waals surface area contributed by atoms with Crippen molar-refractivity contribution in [2.75, 3.05) is 18.0 Å². The van der Waals surface area contributed by atoms with Crippen LogP contribution in [0, 0.1) is 0 Å². The van der Waals surface area contributed by atoms with Gasteiger partial charge in [-0.15, -0.1) is 0 Å². The number of likely N-dealkylation sites (tertiary alicyclic amines) is 1. The second-order valence-corrected chi connectivity index (χ2v) is 7.94. The van der Waals surface area contributed by atoms with Crippen LogP contribution in [0.4, 0.5) is 19.0 Å². The molecule has 0 amide bonds. The number of fused-ring (bicyclic) bond motifs is 2. The first-order chi connectivity index (χ1) is 12.3. The van der Waals surface area contributed by atoms with Gasteiger partial charge in [0, 0.05) is 48.6 Å². The van der Waals surface area contributed by atoms with E-state index in [4.69, 9.17) is 11.6 Å². The summed E-state index contributed by atoms with van der Waals surface area (Å²) >= 11 is 9.48. The summed E-state index contributed by atoms with van der Waals surface area (Å²) in [5.74, 6) is 0.439. The molecule has 4 heterocycles. The molecule has 2 saturated heterocycles. The molecule has 2 aromatic rings. The van der Waals surface area contributed by atoms with E-state index in [2.05, 4.69) is 30.8 Å². The average molecular weight is 448 g/mol. The Kier molecular flexibility index (Phi) is 4.61. The van der Waals surface area contributed by atoms with Crippen LogP contribution >= 0.6 is 27.5 Å². The summed E-state index contributed by atoms with van der Waals surface area (Å²) in [4.78, 5) is 12.8. The number of rotatable bonds is 3. The molecule has 0 aromatic carbocycles. The van der Waals surface area contributed by atoms with Crippen molar-refractivity contribution < 1.29 is 13.2 Å². The summed E-state index contributed by atoms with van der Waals surface area (Å²) in [5.41, 5.74) is 0.177. The molecule has 2 bridgehead atoms. The minimum atomic E-state index is -4.44. The molecule has 2 fully saturated rings. The maximum Gasteiger partial charge on any atom is 0.417 e. The molecule has 2 unspecified atom stereocenters. The van der Waals surface area contributed by atoms with Crippen LogP contribution in [0.25, 0.3) is 0 Å². The molecule has 0 radical (unpaired) electrons. The van der Waals surface area contributed by atoms with Crippen LogP contribution in [-0.2, 0) is 12.7 Å². The van der Waals surface area contributed by atoms with Gasteiger partial charge in [-0.2, -0.15) is 13.2 Å². The molecule has 4 rings (SSSR count). The number of piperazine rings is 1. The number of halogens is 5. The molecule has 0 saturated carbocycles. The number of aromatic nitrogens is 2. The molecular weight excluding hydrogens is 433 g/mol. The van der Waals surface area contributed by atoms with Gasteiger partial charge in [0.05, 0.1) is 16.3 Å². The fraction of sp³-hybridized carbons (Fsp3) is 0.412. The number of nitrogens with zero attached hydrogens (tertiary/aromatic N) is 4. The molecule has 2 aliphatic heterocycles. The Labute approximate surface area is 162 Å². The van der Waals surface area contributed by atoms with Gasteiger partial charge in [0.1, 0.15) is 5.82 Å². The van der Waals surface area contributed by atoms with Crippen LogP contribution in [0.3, 0.4) is 0 Å². The van der Waals surface area contributed by atoms with E-state index in [9.17, 15) is 13.2 Å². The van der Waals surface area contributed by atoms with E-state index >= 15 is 0 Å². The predicted molar refractivity (Wildman–Crippen MR) is 96.1 cm³/mol. The second-order valence-electron chi connectivity index (χ2n) is 6.62. The molecule has 2 atom stereocenters. The smallest absolute Gasteiger partial charge is 0.349 e. The van der Waals surface area contributed by atoms with E-state index < -0.39 is 11.7 Å². The van der Waals surface area contributed by atoms with Gasteiger partial charge in [-0.25, -0.2) is 4.98 Å². The highest BCUT2D eigenvalue weighted by Crippen LogP contribution is 2.39. The van der Waals surface area contributed by atoms with E-state index in [0.717, 1.165) is 41.9 Å². The van der Waals surface area contributed by atoms with Gasteiger partial charge in [-0.1, -0.05) is 11.6 Å². The first-order valence-corrected chi connectivity index (χ1v) is 9.32. The minimum Gasteiger partial charge on any atom is -0.349 e. The maximum absolute atomic E-state index is 12.8. The highest BCUT2D eigenvalue weighted by Gasteiger charge is 2.44. The van der Waals surface area contributed by atoms with Crippen LogP contribution in [0.2, 0.25) is 5.02 Å². The Hall–Kier alpha value is -1.38. The average Bonchev–Trinajstić information content (AvgIpc) is 3.16. The SMILES string of the molecule is FC(F)(F)c1cnc(N2CC3CC2CN3Cc2ccc(Br)cn2)c(Cl)c1. The van der Waals surface area contributed by atoms with Gasteiger partial charge in [0.2, 0.25) is 0 Å². The fourth-order valence-electron chi connectivity index (χ4n) is 3.71. The molecule has 0 spiro atoms. The summed E-state index contributed by atoms with van der Waals surface area (Å²) in [6.45, 7) is 2.29. The zero-order chi connectivity index (χ0) is 18.5. The second kappa shape index (κ2) is 6.65. The maximum atomic E-state index is 12.8. The number of alkyl halides is 3. The standard InChI is InChI=1S/C17H15BrClF3N4/c18-11-1-2-12(23-6-11)7-25-8-14-4-13(25)9-26(14)16-15(19)3-10(5-24-16)17(20,21)22/h1-3,5-6,13-14H,4,7-9H2. The van der Waals surface area contributed by atoms with Crippen LogP contribution in [0.15, 0.2) is 35.1 Å². The highest BCUT2D eigenvalue weighted by atomic mass is 79.9. The lowest BCUT2D eigenvalue weighted by molar-refractivity contribution is -0.137. The zero-order valence-electron chi connectivity index (χ0n) is 13.5. The van der Waals surface area contributed by atoms with Crippen molar-refractivity contribution in [3.63, 3.8) is 0 Å². The molecule has 0 aliphatic carbocycles. The third-order valence-corrected chi connectivity index (χ3v) is 5.68. The fourth-order valence-corrected chi connectivity index (χ4v) is 4.22. The van der Waals surface area contributed by atoms with Gasteiger partial charge in [-0.05, 0) is 40.5 Å². The van der Waals surface area contributed by atoms with Crippen molar-refractivity contribution in [1.29, 1.82) is 0 Å². The monoisotopic (exact) mass is 446 g/mol. The van der Waals surface area contributed by atoms with Crippen molar-refractivity contribution >= 4 is 33.3 Å². The molecule has 2 aromatic heterocycles. The Morgan fingerprint density at radius 3 is 2.54 bits per heavy atom. The highest BCUT2D eigenvalue weighted by molar-refractivity contribution is 9.10.